The SMILES string of the molecule is CCSCCC1(C(=O)O)CCCCC1=O. The molecule has 1 saturated carbocycles. The first-order valence-electron chi connectivity index (χ1n) is 5.48. The van der Waals surface area contributed by atoms with Crippen LogP contribution < -0.4 is 0 Å². The van der Waals surface area contributed by atoms with E-state index in [2.05, 4.69) is 0 Å². The molecule has 0 aromatic heterocycles. The van der Waals surface area contributed by atoms with Crippen molar-refractivity contribution in [3.8, 4) is 0 Å². The molecule has 15 heavy (non-hydrogen) atoms. The number of aliphatic carboxylic acids is 1. The van der Waals surface area contributed by atoms with Gasteiger partial charge in [0.25, 0.3) is 0 Å². The summed E-state index contributed by atoms with van der Waals surface area (Å²) in [4.78, 5) is 23.0. The summed E-state index contributed by atoms with van der Waals surface area (Å²) in [6.07, 6.45) is 3.21. The molecule has 1 aliphatic carbocycles. The second-order valence-electron chi connectivity index (χ2n) is 3.96. The molecule has 0 amide bonds. The van der Waals surface area contributed by atoms with E-state index in [1.165, 1.54) is 0 Å². The topological polar surface area (TPSA) is 54.4 Å². The maximum Gasteiger partial charge on any atom is 0.317 e. The number of carbonyl (C=O) groups is 2. The van der Waals surface area contributed by atoms with Gasteiger partial charge in [-0.1, -0.05) is 13.3 Å². The normalized spacial score (nSPS) is 26.6. The molecule has 0 bridgehead atoms. The second kappa shape index (κ2) is 5.54. The minimum atomic E-state index is -1.06. The summed E-state index contributed by atoms with van der Waals surface area (Å²) in [5.41, 5.74) is -1.06. The number of carbonyl (C=O) groups excluding carboxylic acids is 1. The largest absolute Gasteiger partial charge is 0.480 e. The van der Waals surface area contributed by atoms with Crippen molar-refractivity contribution in [1.29, 1.82) is 0 Å². The minimum Gasteiger partial charge on any atom is -0.480 e. The number of hydrogen-bond acceptors (Lipinski definition) is 3. The van der Waals surface area contributed by atoms with Crippen LogP contribution in [0.5, 0.6) is 0 Å². The fourth-order valence-electron chi connectivity index (χ4n) is 2.08. The van der Waals surface area contributed by atoms with Crippen LogP contribution in [0, 0.1) is 5.41 Å². The van der Waals surface area contributed by atoms with Crippen LogP contribution in [0.2, 0.25) is 0 Å². The number of Topliss-reactive ketones (excluding diaryl/α,β-unsaturated/α-hetero) is 1. The van der Waals surface area contributed by atoms with E-state index in [1.54, 1.807) is 11.8 Å². The first kappa shape index (κ1) is 12.6. The van der Waals surface area contributed by atoms with E-state index in [-0.39, 0.29) is 5.78 Å². The average molecular weight is 230 g/mol. The van der Waals surface area contributed by atoms with Crippen molar-refractivity contribution < 1.29 is 14.7 Å². The molecule has 1 N–H and O–H groups in total. The molecule has 1 aliphatic rings. The van der Waals surface area contributed by atoms with Gasteiger partial charge in [-0.25, -0.2) is 0 Å². The van der Waals surface area contributed by atoms with Crippen molar-refractivity contribution in [2.45, 2.75) is 39.0 Å². The Labute approximate surface area is 94.6 Å². The third-order valence-corrected chi connectivity index (χ3v) is 3.98. The highest BCUT2D eigenvalue weighted by atomic mass is 32.2. The predicted octanol–water partition coefficient (Wildman–Crippen LogP) is 2.34. The van der Waals surface area contributed by atoms with Crippen LogP contribution in [-0.2, 0) is 9.59 Å². The highest BCUT2D eigenvalue weighted by Gasteiger charge is 2.46. The lowest BCUT2D eigenvalue weighted by Crippen LogP contribution is -2.42. The Morgan fingerprint density at radius 1 is 1.53 bits per heavy atom. The van der Waals surface area contributed by atoms with Gasteiger partial charge in [0, 0.05) is 6.42 Å². The van der Waals surface area contributed by atoms with Gasteiger partial charge in [-0.3, -0.25) is 9.59 Å². The van der Waals surface area contributed by atoms with Gasteiger partial charge in [-0.2, -0.15) is 11.8 Å². The van der Waals surface area contributed by atoms with Crippen LogP contribution in [0.1, 0.15) is 39.0 Å². The van der Waals surface area contributed by atoms with E-state index in [4.69, 9.17) is 0 Å². The van der Waals surface area contributed by atoms with Gasteiger partial charge < -0.3 is 5.11 Å². The summed E-state index contributed by atoms with van der Waals surface area (Å²) < 4.78 is 0. The molecule has 0 aromatic carbocycles. The molecule has 1 atom stereocenters. The summed E-state index contributed by atoms with van der Waals surface area (Å²) >= 11 is 1.70. The molecular weight excluding hydrogens is 212 g/mol. The zero-order valence-electron chi connectivity index (χ0n) is 9.12. The van der Waals surface area contributed by atoms with Crippen LogP contribution >= 0.6 is 11.8 Å². The third kappa shape index (κ3) is 2.74. The standard InChI is InChI=1S/C11H18O3S/c1-2-15-8-7-11(10(13)14)6-4-3-5-9(11)12/h2-8H2,1H3,(H,13,14). The zero-order valence-corrected chi connectivity index (χ0v) is 9.94. The van der Waals surface area contributed by atoms with E-state index in [0.717, 1.165) is 24.3 Å². The third-order valence-electron chi connectivity index (χ3n) is 3.08. The summed E-state index contributed by atoms with van der Waals surface area (Å²) in [5, 5.41) is 9.23. The highest BCUT2D eigenvalue weighted by molar-refractivity contribution is 7.99. The van der Waals surface area contributed by atoms with Crippen LogP contribution in [0.15, 0.2) is 0 Å². The quantitative estimate of drug-likeness (QED) is 0.582. The Balaban J connectivity index is 2.68. The second-order valence-corrected chi connectivity index (χ2v) is 5.36. The Bertz CT molecular complexity index is 252. The Morgan fingerprint density at radius 3 is 2.80 bits per heavy atom. The Hall–Kier alpha value is -0.510. The predicted molar refractivity (Wildman–Crippen MR) is 61.2 cm³/mol. The van der Waals surface area contributed by atoms with Crippen LogP contribution in [0.4, 0.5) is 0 Å². The number of carboxylic acid groups (broad SMARTS) is 1. The maximum atomic E-state index is 11.8. The molecule has 0 radical (unpaired) electrons. The molecule has 0 aromatic rings. The number of ketones is 1. The first-order valence-corrected chi connectivity index (χ1v) is 6.63. The number of carboxylic acids is 1. The van der Waals surface area contributed by atoms with Gasteiger partial charge >= 0.3 is 5.97 Å². The first-order chi connectivity index (χ1) is 7.13. The molecule has 1 fully saturated rings. The van der Waals surface area contributed by atoms with Gasteiger partial charge in [0.15, 0.2) is 0 Å². The Kier molecular flexibility index (Phi) is 4.64. The van der Waals surface area contributed by atoms with Crippen molar-refractivity contribution in [1.82, 2.24) is 0 Å². The molecule has 4 heteroatoms. The number of hydrogen-bond donors (Lipinski definition) is 1. The van der Waals surface area contributed by atoms with Crippen molar-refractivity contribution in [3.05, 3.63) is 0 Å². The molecule has 0 spiro atoms. The van der Waals surface area contributed by atoms with E-state index in [0.29, 0.717) is 19.3 Å². The van der Waals surface area contributed by atoms with E-state index in [9.17, 15) is 14.7 Å². The van der Waals surface area contributed by atoms with Crippen molar-refractivity contribution in [3.63, 3.8) is 0 Å². The van der Waals surface area contributed by atoms with Crippen molar-refractivity contribution >= 4 is 23.5 Å². The summed E-state index contributed by atoms with van der Waals surface area (Å²) in [7, 11) is 0. The summed E-state index contributed by atoms with van der Waals surface area (Å²) in [6, 6.07) is 0. The van der Waals surface area contributed by atoms with Gasteiger partial charge in [0.2, 0.25) is 0 Å². The van der Waals surface area contributed by atoms with Gasteiger partial charge in [0.05, 0.1) is 0 Å². The van der Waals surface area contributed by atoms with Crippen LogP contribution in [-0.4, -0.2) is 28.4 Å². The summed E-state index contributed by atoms with van der Waals surface area (Å²) in [5.74, 6) is 0.778. The van der Waals surface area contributed by atoms with Crippen molar-refractivity contribution in [2.75, 3.05) is 11.5 Å². The van der Waals surface area contributed by atoms with E-state index < -0.39 is 11.4 Å². The molecule has 0 aliphatic heterocycles. The lowest BCUT2D eigenvalue weighted by molar-refractivity contribution is -0.157. The zero-order chi connectivity index (χ0) is 11.3. The summed E-state index contributed by atoms with van der Waals surface area (Å²) in [6.45, 7) is 2.04. The molecule has 3 nitrogen and oxygen atoms in total. The lowest BCUT2D eigenvalue weighted by Gasteiger charge is -2.31. The number of rotatable bonds is 5. The smallest absolute Gasteiger partial charge is 0.317 e. The number of thioether (sulfide) groups is 1. The molecule has 86 valence electrons. The molecular formula is C11H18O3S. The van der Waals surface area contributed by atoms with Gasteiger partial charge in [0.1, 0.15) is 11.2 Å². The maximum absolute atomic E-state index is 11.8. The van der Waals surface area contributed by atoms with Gasteiger partial charge in [-0.05, 0) is 30.8 Å². The fraction of sp³-hybridized carbons (Fsp3) is 0.818. The monoisotopic (exact) mass is 230 g/mol. The molecule has 0 heterocycles. The average Bonchev–Trinajstić information content (AvgIpc) is 2.21. The van der Waals surface area contributed by atoms with E-state index in [1.807, 2.05) is 6.92 Å². The lowest BCUT2D eigenvalue weighted by atomic mass is 9.71. The van der Waals surface area contributed by atoms with E-state index >= 15 is 0 Å². The van der Waals surface area contributed by atoms with Gasteiger partial charge in [-0.15, -0.1) is 0 Å². The molecule has 1 unspecified atom stereocenters. The molecule has 1 rings (SSSR count). The Morgan fingerprint density at radius 2 is 2.27 bits per heavy atom. The van der Waals surface area contributed by atoms with Crippen molar-refractivity contribution in [2.24, 2.45) is 5.41 Å². The highest BCUT2D eigenvalue weighted by Crippen LogP contribution is 2.37. The van der Waals surface area contributed by atoms with Crippen LogP contribution in [0.3, 0.4) is 0 Å². The fourth-order valence-corrected chi connectivity index (χ4v) is 2.86. The molecule has 0 saturated heterocycles. The van der Waals surface area contributed by atoms with Crippen LogP contribution in [0.25, 0.3) is 0 Å². The minimum absolute atomic E-state index is 0.0575.